The smallest absolute Gasteiger partial charge is 0.254 e. The highest BCUT2D eigenvalue weighted by atomic mass is 79.9. The summed E-state index contributed by atoms with van der Waals surface area (Å²) in [7, 11) is 0. The van der Waals surface area contributed by atoms with Crippen LogP contribution in [0.25, 0.3) is 0 Å². The Morgan fingerprint density at radius 3 is 2.91 bits per heavy atom. The summed E-state index contributed by atoms with van der Waals surface area (Å²) in [4.78, 5) is 16.0. The predicted molar refractivity (Wildman–Crippen MR) is 91.1 cm³/mol. The maximum atomic E-state index is 12.0. The topological polar surface area (TPSA) is 51.2 Å². The molecule has 0 fully saturated rings. The number of rotatable bonds is 6. The van der Waals surface area contributed by atoms with Crippen LogP contribution >= 0.6 is 27.5 Å². The van der Waals surface area contributed by atoms with Crippen molar-refractivity contribution in [3.8, 4) is 0 Å². The number of halogens is 2. The number of nitrogens with zero attached hydrogens (tertiary/aromatic N) is 1. The number of hydrogen-bond acceptors (Lipinski definition) is 3. The van der Waals surface area contributed by atoms with Gasteiger partial charge in [-0.3, -0.25) is 4.79 Å². The normalized spacial score (nSPS) is 12.0. The Labute approximate surface area is 143 Å². The minimum absolute atomic E-state index is 0.232. The van der Waals surface area contributed by atoms with Gasteiger partial charge in [0.15, 0.2) is 0 Å². The average Bonchev–Trinajstić information content (AvgIpc) is 2.49. The van der Waals surface area contributed by atoms with Gasteiger partial charge in [-0.15, -0.1) is 0 Å². The van der Waals surface area contributed by atoms with Gasteiger partial charge >= 0.3 is 0 Å². The second kappa shape index (κ2) is 8.27. The molecule has 1 heterocycles. The van der Waals surface area contributed by atoms with E-state index in [1.165, 1.54) is 6.20 Å². The van der Waals surface area contributed by atoms with Crippen molar-refractivity contribution in [2.75, 3.05) is 11.9 Å². The van der Waals surface area contributed by atoms with E-state index in [1.807, 2.05) is 24.3 Å². The van der Waals surface area contributed by atoms with Gasteiger partial charge in [-0.1, -0.05) is 39.7 Å². The molecule has 1 aromatic carbocycles. The molecule has 0 aliphatic carbocycles. The molecule has 1 atom stereocenters. The Morgan fingerprint density at radius 1 is 1.41 bits per heavy atom. The largest absolute Gasteiger partial charge is 0.368 e. The van der Waals surface area contributed by atoms with Gasteiger partial charge in [0.2, 0.25) is 0 Å². The first kappa shape index (κ1) is 16.9. The molecule has 0 saturated heterocycles. The molecule has 1 amide bonds. The van der Waals surface area contributed by atoms with Gasteiger partial charge in [0.05, 0.1) is 11.6 Å². The van der Waals surface area contributed by atoms with Crippen LogP contribution in [0.1, 0.15) is 12.5 Å². The molecule has 4 nitrogen and oxygen atoms in total. The van der Waals surface area contributed by atoms with Gasteiger partial charge in [0.25, 0.3) is 5.91 Å². The molecule has 0 bridgehead atoms. The number of aromatic nitrogens is 1. The Morgan fingerprint density at radius 2 is 2.23 bits per heavy atom. The number of hydrogen-bond donors (Lipinski definition) is 1. The summed E-state index contributed by atoms with van der Waals surface area (Å²) < 4.78 is 6.59. The highest BCUT2D eigenvalue weighted by Gasteiger charge is 2.13. The van der Waals surface area contributed by atoms with Gasteiger partial charge in [0, 0.05) is 10.7 Å². The molecule has 1 N–H and O–H groups in total. The summed E-state index contributed by atoms with van der Waals surface area (Å²) in [5, 5.41) is 3.21. The number of nitrogens with one attached hydrogen (secondary N) is 1. The number of anilines is 1. The number of amides is 1. The predicted octanol–water partition coefficient (Wildman–Crippen LogP) is 4.08. The molecule has 0 spiro atoms. The summed E-state index contributed by atoms with van der Waals surface area (Å²) in [5.41, 5.74) is 1.15. The van der Waals surface area contributed by atoms with E-state index in [0.717, 1.165) is 16.5 Å². The number of carbonyl (C=O) groups excluding carboxylic acids is 1. The molecule has 2 aromatic rings. The maximum Gasteiger partial charge on any atom is 0.254 e. The van der Waals surface area contributed by atoms with Crippen molar-refractivity contribution in [3.05, 3.63) is 57.7 Å². The van der Waals surface area contributed by atoms with E-state index in [1.54, 1.807) is 19.1 Å². The molecule has 6 heteroatoms. The van der Waals surface area contributed by atoms with Gasteiger partial charge in [-0.2, -0.15) is 0 Å². The molecule has 0 saturated carbocycles. The minimum atomic E-state index is -0.551. The lowest BCUT2D eigenvalue weighted by Gasteiger charge is -2.13. The van der Waals surface area contributed by atoms with Crippen molar-refractivity contribution in [2.45, 2.75) is 19.4 Å². The van der Waals surface area contributed by atoms with Crippen molar-refractivity contribution in [3.63, 3.8) is 0 Å². The third kappa shape index (κ3) is 5.40. The molecule has 2 rings (SSSR count). The van der Waals surface area contributed by atoms with Gasteiger partial charge in [-0.05, 0) is 43.2 Å². The van der Waals surface area contributed by atoms with Gasteiger partial charge < -0.3 is 10.1 Å². The van der Waals surface area contributed by atoms with Gasteiger partial charge in [0.1, 0.15) is 11.9 Å². The third-order valence-electron chi connectivity index (χ3n) is 3.00. The zero-order valence-electron chi connectivity index (χ0n) is 12.1. The third-order valence-corrected chi connectivity index (χ3v) is 3.71. The summed E-state index contributed by atoms with van der Waals surface area (Å²) in [6.07, 6.45) is 1.68. The molecular formula is C16H16BrClN2O2. The van der Waals surface area contributed by atoms with Crippen LogP contribution < -0.4 is 5.32 Å². The number of benzene rings is 1. The number of pyridine rings is 1. The van der Waals surface area contributed by atoms with Crippen LogP contribution in [0, 0.1) is 0 Å². The SMILES string of the molecule is CC(OCCc1cccc(Br)c1)C(=O)Nc1ccc(Cl)cn1. The Kier molecular flexibility index (Phi) is 6.36. The van der Waals surface area contributed by atoms with E-state index in [4.69, 9.17) is 16.3 Å². The van der Waals surface area contributed by atoms with Crippen LogP contribution in [0.5, 0.6) is 0 Å². The van der Waals surface area contributed by atoms with E-state index in [-0.39, 0.29) is 5.91 Å². The maximum absolute atomic E-state index is 12.0. The molecule has 1 unspecified atom stereocenters. The molecule has 1 aromatic heterocycles. The van der Waals surface area contributed by atoms with E-state index < -0.39 is 6.10 Å². The standard InChI is InChI=1S/C16H16BrClN2O2/c1-11(16(21)20-15-6-5-14(18)10-19-15)22-8-7-12-3-2-4-13(17)9-12/h2-6,9-11H,7-8H2,1H3,(H,19,20,21). The summed E-state index contributed by atoms with van der Waals surface area (Å²) >= 11 is 9.17. The van der Waals surface area contributed by atoms with Crippen molar-refractivity contribution in [2.24, 2.45) is 0 Å². The average molecular weight is 384 g/mol. The van der Waals surface area contributed by atoms with E-state index in [0.29, 0.717) is 17.4 Å². The molecule has 0 radical (unpaired) electrons. The molecule has 0 aliphatic heterocycles. The van der Waals surface area contributed by atoms with Crippen LogP contribution in [0.4, 0.5) is 5.82 Å². The number of ether oxygens (including phenoxy) is 1. The highest BCUT2D eigenvalue weighted by Crippen LogP contribution is 2.13. The van der Waals surface area contributed by atoms with E-state index in [2.05, 4.69) is 26.2 Å². The van der Waals surface area contributed by atoms with Crippen molar-refractivity contribution >= 4 is 39.3 Å². The van der Waals surface area contributed by atoms with Crippen molar-refractivity contribution < 1.29 is 9.53 Å². The fourth-order valence-electron chi connectivity index (χ4n) is 1.80. The molecule has 116 valence electrons. The Hall–Kier alpha value is -1.43. The summed E-state index contributed by atoms with van der Waals surface area (Å²) in [5.74, 6) is 0.223. The minimum Gasteiger partial charge on any atom is -0.368 e. The fraction of sp³-hybridized carbons (Fsp3) is 0.250. The van der Waals surface area contributed by atoms with Crippen LogP contribution in [0.3, 0.4) is 0 Å². The summed E-state index contributed by atoms with van der Waals surface area (Å²) in [6.45, 7) is 2.19. The molecular weight excluding hydrogens is 368 g/mol. The first-order chi connectivity index (χ1) is 10.5. The van der Waals surface area contributed by atoms with Crippen LogP contribution in [0.15, 0.2) is 47.1 Å². The highest BCUT2D eigenvalue weighted by molar-refractivity contribution is 9.10. The van der Waals surface area contributed by atoms with Crippen molar-refractivity contribution in [1.82, 2.24) is 4.98 Å². The lowest BCUT2D eigenvalue weighted by molar-refractivity contribution is -0.126. The Balaban J connectivity index is 1.77. The Bertz CT molecular complexity index is 634. The molecule has 22 heavy (non-hydrogen) atoms. The monoisotopic (exact) mass is 382 g/mol. The summed E-state index contributed by atoms with van der Waals surface area (Å²) in [6, 6.07) is 11.3. The van der Waals surface area contributed by atoms with Crippen molar-refractivity contribution in [1.29, 1.82) is 0 Å². The number of carbonyl (C=O) groups is 1. The second-order valence-electron chi connectivity index (χ2n) is 4.74. The van der Waals surface area contributed by atoms with Crippen LogP contribution in [-0.2, 0) is 16.0 Å². The fourth-order valence-corrected chi connectivity index (χ4v) is 2.36. The first-order valence-electron chi connectivity index (χ1n) is 6.83. The second-order valence-corrected chi connectivity index (χ2v) is 6.10. The first-order valence-corrected chi connectivity index (χ1v) is 8.00. The zero-order valence-corrected chi connectivity index (χ0v) is 14.4. The van der Waals surface area contributed by atoms with Crippen LogP contribution in [-0.4, -0.2) is 23.6 Å². The quantitative estimate of drug-likeness (QED) is 0.817. The molecule has 0 aliphatic rings. The lowest BCUT2D eigenvalue weighted by atomic mass is 10.2. The van der Waals surface area contributed by atoms with E-state index >= 15 is 0 Å². The van der Waals surface area contributed by atoms with E-state index in [9.17, 15) is 4.79 Å². The lowest BCUT2D eigenvalue weighted by Crippen LogP contribution is -2.28. The van der Waals surface area contributed by atoms with Crippen LogP contribution in [0.2, 0.25) is 5.02 Å². The zero-order chi connectivity index (χ0) is 15.9. The van der Waals surface area contributed by atoms with Gasteiger partial charge in [-0.25, -0.2) is 4.98 Å².